The Morgan fingerprint density at radius 1 is 1.29 bits per heavy atom. The summed E-state index contributed by atoms with van der Waals surface area (Å²) in [7, 11) is 0. The standard InChI is InChI=1S/C18H25NO2/c1-3-12-5-7-13(8-6-12)16(4-2)19-14-9-10-17(19)15(11-14)18(20)21/h5-8,14-17H,3-4,9-11H2,1-2H3,(H,20,21). The van der Waals surface area contributed by atoms with Gasteiger partial charge in [0.1, 0.15) is 0 Å². The zero-order chi connectivity index (χ0) is 15.0. The van der Waals surface area contributed by atoms with Gasteiger partial charge in [0.15, 0.2) is 0 Å². The number of carbonyl (C=O) groups is 1. The van der Waals surface area contributed by atoms with Gasteiger partial charge in [-0.3, -0.25) is 9.69 Å². The maximum absolute atomic E-state index is 11.4. The van der Waals surface area contributed by atoms with E-state index in [-0.39, 0.29) is 12.0 Å². The molecule has 0 aliphatic carbocycles. The number of fused-ring (bicyclic) bond motifs is 2. The van der Waals surface area contributed by atoms with Crippen LogP contribution in [0.4, 0.5) is 0 Å². The zero-order valence-corrected chi connectivity index (χ0v) is 13.0. The lowest BCUT2D eigenvalue weighted by molar-refractivity contribution is -0.142. The molecular formula is C18H25NO2. The van der Waals surface area contributed by atoms with E-state index in [9.17, 15) is 9.90 Å². The van der Waals surface area contributed by atoms with Crippen LogP contribution in [0.15, 0.2) is 24.3 Å². The van der Waals surface area contributed by atoms with E-state index in [4.69, 9.17) is 0 Å². The van der Waals surface area contributed by atoms with Crippen LogP contribution in [0, 0.1) is 5.92 Å². The maximum Gasteiger partial charge on any atom is 0.308 e. The first-order chi connectivity index (χ1) is 10.2. The van der Waals surface area contributed by atoms with E-state index < -0.39 is 5.97 Å². The van der Waals surface area contributed by atoms with Crippen molar-refractivity contribution in [1.29, 1.82) is 0 Å². The molecule has 21 heavy (non-hydrogen) atoms. The predicted octanol–water partition coefficient (Wildman–Crippen LogP) is 3.64. The monoisotopic (exact) mass is 287 g/mol. The maximum atomic E-state index is 11.4. The highest BCUT2D eigenvalue weighted by Gasteiger charge is 2.51. The summed E-state index contributed by atoms with van der Waals surface area (Å²) in [6.45, 7) is 4.39. The fourth-order valence-corrected chi connectivity index (χ4v) is 4.38. The third-order valence-corrected chi connectivity index (χ3v) is 5.43. The first kappa shape index (κ1) is 14.6. The van der Waals surface area contributed by atoms with Crippen molar-refractivity contribution in [2.75, 3.05) is 0 Å². The highest BCUT2D eigenvalue weighted by Crippen LogP contribution is 2.47. The van der Waals surface area contributed by atoms with Crippen LogP contribution in [-0.4, -0.2) is 28.1 Å². The summed E-state index contributed by atoms with van der Waals surface area (Å²) in [4.78, 5) is 14.0. The smallest absolute Gasteiger partial charge is 0.308 e. The molecule has 114 valence electrons. The van der Waals surface area contributed by atoms with Crippen LogP contribution in [0.1, 0.15) is 56.7 Å². The summed E-state index contributed by atoms with van der Waals surface area (Å²) < 4.78 is 0. The van der Waals surface area contributed by atoms with E-state index in [0.29, 0.717) is 12.1 Å². The van der Waals surface area contributed by atoms with Gasteiger partial charge in [-0.15, -0.1) is 0 Å². The van der Waals surface area contributed by atoms with Gasteiger partial charge in [0.25, 0.3) is 0 Å². The highest BCUT2D eigenvalue weighted by molar-refractivity contribution is 5.71. The first-order valence-electron chi connectivity index (χ1n) is 8.24. The van der Waals surface area contributed by atoms with Crippen molar-refractivity contribution < 1.29 is 9.90 Å². The van der Waals surface area contributed by atoms with Gasteiger partial charge in [-0.25, -0.2) is 0 Å². The van der Waals surface area contributed by atoms with Gasteiger partial charge in [-0.1, -0.05) is 38.1 Å². The molecule has 0 spiro atoms. The minimum absolute atomic E-state index is 0.160. The van der Waals surface area contributed by atoms with Crippen molar-refractivity contribution in [2.24, 2.45) is 5.92 Å². The lowest BCUT2D eigenvalue weighted by atomic mass is 9.89. The number of carboxylic acid groups (broad SMARTS) is 1. The molecule has 2 fully saturated rings. The van der Waals surface area contributed by atoms with Crippen molar-refractivity contribution in [3.05, 3.63) is 35.4 Å². The largest absolute Gasteiger partial charge is 0.481 e. The topological polar surface area (TPSA) is 40.5 Å². The number of hydrogen-bond donors (Lipinski definition) is 1. The molecule has 3 rings (SSSR count). The molecule has 0 saturated carbocycles. The molecule has 1 N–H and O–H groups in total. The average Bonchev–Trinajstić information content (AvgIpc) is 3.07. The van der Waals surface area contributed by atoms with Crippen LogP contribution < -0.4 is 0 Å². The third kappa shape index (κ3) is 2.48. The Bertz CT molecular complexity index is 510. The molecule has 3 heteroatoms. The quantitative estimate of drug-likeness (QED) is 0.899. The minimum Gasteiger partial charge on any atom is -0.481 e. The van der Waals surface area contributed by atoms with Gasteiger partial charge in [0.2, 0.25) is 0 Å². The van der Waals surface area contributed by atoms with E-state index in [0.717, 1.165) is 32.1 Å². The SMILES string of the molecule is CCc1ccc(C(CC)N2C3CCC2C(C(=O)O)C3)cc1. The van der Waals surface area contributed by atoms with Gasteiger partial charge in [0, 0.05) is 18.1 Å². The Labute approximate surface area is 127 Å². The Morgan fingerprint density at radius 2 is 2.00 bits per heavy atom. The minimum atomic E-state index is -0.608. The fourth-order valence-electron chi connectivity index (χ4n) is 4.38. The third-order valence-electron chi connectivity index (χ3n) is 5.43. The first-order valence-corrected chi connectivity index (χ1v) is 8.24. The Balaban J connectivity index is 1.85. The highest BCUT2D eigenvalue weighted by atomic mass is 16.4. The average molecular weight is 287 g/mol. The van der Waals surface area contributed by atoms with Gasteiger partial charge < -0.3 is 5.11 Å². The van der Waals surface area contributed by atoms with E-state index >= 15 is 0 Å². The summed E-state index contributed by atoms with van der Waals surface area (Å²) in [6.07, 6.45) is 5.16. The molecule has 1 aromatic rings. The molecule has 4 atom stereocenters. The predicted molar refractivity (Wildman–Crippen MR) is 83.2 cm³/mol. The molecule has 4 unspecified atom stereocenters. The second kappa shape index (κ2) is 5.80. The lowest BCUT2D eigenvalue weighted by Crippen LogP contribution is -2.35. The second-order valence-electron chi connectivity index (χ2n) is 6.45. The number of hydrogen-bond acceptors (Lipinski definition) is 2. The molecule has 2 bridgehead atoms. The number of nitrogens with zero attached hydrogens (tertiary/aromatic N) is 1. The van der Waals surface area contributed by atoms with Gasteiger partial charge in [-0.05, 0) is 43.2 Å². The molecule has 1 aromatic carbocycles. The number of aliphatic carboxylic acids is 1. The fraction of sp³-hybridized carbons (Fsp3) is 0.611. The molecule has 2 saturated heterocycles. The van der Waals surface area contributed by atoms with E-state index in [1.165, 1.54) is 11.1 Å². The number of rotatable bonds is 5. The molecule has 0 aromatic heterocycles. The van der Waals surface area contributed by atoms with Crippen LogP contribution in [-0.2, 0) is 11.2 Å². The molecular weight excluding hydrogens is 262 g/mol. The van der Waals surface area contributed by atoms with Crippen LogP contribution in [0.25, 0.3) is 0 Å². The van der Waals surface area contributed by atoms with Gasteiger partial charge >= 0.3 is 5.97 Å². The molecule has 0 radical (unpaired) electrons. The summed E-state index contributed by atoms with van der Waals surface area (Å²) in [5.41, 5.74) is 2.71. The molecule has 3 nitrogen and oxygen atoms in total. The van der Waals surface area contributed by atoms with Crippen molar-refractivity contribution in [3.8, 4) is 0 Å². The lowest BCUT2D eigenvalue weighted by Gasteiger charge is -2.32. The number of aryl methyl sites for hydroxylation is 1. The van der Waals surface area contributed by atoms with Crippen LogP contribution >= 0.6 is 0 Å². The molecule has 2 heterocycles. The van der Waals surface area contributed by atoms with E-state index in [2.05, 4.69) is 43.0 Å². The Morgan fingerprint density at radius 3 is 2.52 bits per heavy atom. The Hall–Kier alpha value is -1.35. The van der Waals surface area contributed by atoms with Crippen molar-refractivity contribution in [2.45, 2.75) is 64.1 Å². The van der Waals surface area contributed by atoms with Crippen LogP contribution in [0.2, 0.25) is 0 Å². The summed E-state index contributed by atoms with van der Waals surface area (Å²) >= 11 is 0. The number of benzene rings is 1. The second-order valence-corrected chi connectivity index (χ2v) is 6.45. The Kier molecular flexibility index (Phi) is 4.03. The molecule has 2 aliphatic heterocycles. The summed E-state index contributed by atoms with van der Waals surface area (Å²) in [6, 6.07) is 9.98. The van der Waals surface area contributed by atoms with Crippen molar-refractivity contribution >= 4 is 5.97 Å². The number of carboxylic acids is 1. The van der Waals surface area contributed by atoms with Crippen LogP contribution in [0.5, 0.6) is 0 Å². The van der Waals surface area contributed by atoms with E-state index in [1.807, 2.05) is 0 Å². The van der Waals surface area contributed by atoms with Gasteiger partial charge in [0.05, 0.1) is 5.92 Å². The van der Waals surface area contributed by atoms with E-state index in [1.54, 1.807) is 0 Å². The van der Waals surface area contributed by atoms with Crippen molar-refractivity contribution in [1.82, 2.24) is 4.90 Å². The summed E-state index contributed by atoms with van der Waals surface area (Å²) in [5, 5.41) is 9.42. The molecule has 0 amide bonds. The normalized spacial score (nSPS) is 29.7. The zero-order valence-electron chi connectivity index (χ0n) is 13.0. The summed E-state index contributed by atoms with van der Waals surface area (Å²) in [5.74, 6) is -0.768. The van der Waals surface area contributed by atoms with Crippen molar-refractivity contribution in [3.63, 3.8) is 0 Å². The van der Waals surface area contributed by atoms with Gasteiger partial charge in [-0.2, -0.15) is 0 Å². The molecule has 2 aliphatic rings. The van der Waals surface area contributed by atoms with Crippen LogP contribution in [0.3, 0.4) is 0 Å².